The average molecular weight is 311 g/mol. The van der Waals surface area contributed by atoms with Crippen LogP contribution in [-0.2, 0) is 9.59 Å². The van der Waals surface area contributed by atoms with Gasteiger partial charge in [-0.2, -0.15) is 13.2 Å². The maximum Gasteiger partial charge on any atom is 0.405 e. The highest BCUT2D eigenvalue weighted by Crippen LogP contribution is 2.21. The second-order valence-corrected chi connectivity index (χ2v) is 6.37. The standard InChI is InChI=1S/C13H24F3N3O2/c1-12(2,3)6-9(17)5-11(21)19(4)7-10(20)18-8-13(14,15)16/h9H,5-8,17H2,1-4H3,(H,18,20). The van der Waals surface area contributed by atoms with Gasteiger partial charge in [0.05, 0.1) is 6.54 Å². The van der Waals surface area contributed by atoms with Crippen LogP contribution in [0.1, 0.15) is 33.6 Å². The third kappa shape index (κ3) is 11.1. The minimum atomic E-state index is -4.46. The number of hydrogen-bond acceptors (Lipinski definition) is 3. The molecule has 0 aromatic rings. The lowest BCUT2D eigenvalue weighted by atomic mass is 9.87. The Morgan fingerprint density at radius 2 is 1.76 bits per heavy atom. The van der Waals surface area contributed by atoms with E-state index in [0.29, 0.717) is 6.42 Å². The smallest absolute Gasteiger partial charge is 0.345 e. The van der Waals surface area contributed by atoms with E-state index in [4.69, 9.17) is 5.73 Å². The van der Waals surface area contributed by atoms with E-state index in [1.165, 1.54) is 7.05 Å². The minimum Gasteiger partial charge on any atom is -0.345 e. The van der Waals surface area contributed by atoms with Crippen molar-refractivity contribution < 1.29 is 22.8 Å². The summed E-state index contributed by atoms with van der Waals surface area (Å²) >= 11 is 0. The van der Waals surface area contributed by atoms with Gasteiger partial charge in [-0.3, -0.25) is 9.59 Å². The third-order valence-corrected chi connectivity index (χ3v) is 2.60. The fourth-order valence-electron chi connectivity index (χ4n) is 1.80. The summed E-state index contributed by atoms with van der Waals surface area (Å²) < 4.78 is 35.8. The highest BCUT2D eigenvalue weighted by molar-refractivity contribution is 5.84. The van der Waals surface area contributed by atoms with Gasteiger partial charge >= 0.3 is 6.18 Å². The van der Waals surface area contributed by atoms with Gasteiger partial charge in [-0.05, 0) is 11.8 Å². The van der Waals surface area contributed by atoms with Crippen LogP contribution in [0, 0.1) is 5.41 Å². The van der Waals surface area contributed by atoms with E-state index >= 15 is 0 Å². The van der Waals surface area contributed by atoms with Crippen LogP contribution >= 0.6 is 0 Å². The van der Waals surface area contributed by atoms with Gasteiger partial charge < -0.3 is 16.0 Å². The number of likely N-dealkylation sites (N-methyl/N-ethyl adjacent to an activating group) is 1. The summed E-state index contributed by atoms with van der Waals surface area (Å²) in [6, 6.07) is -0.349. The molecule has 0 aliphatic heterocycles. The van der Waals surface area contributed by atoms with Crippen molar-refractivity contribution in [1.82, 2.24) is 10.2 Å². The number of halogens is 3. The Hall–Kier alpha value is -1.31. The quantitative estimate of drug-likeness (QED) is 0.776. The highest BCUT2D eigenvalue weighted by atomic mass is 19.4. The van der Waals surface area contributed by atoms with Crippen molar-refractivity contribution >= 4 is 11.8 Å². The van der Waals surface area contributed by atoms with E-state index in [9.17, 15) is 22.8 Å². The second kappa shape index (κ2) is 7.63. The molecule has 0 bridgehead atoms. The van der Waals surface area contributed by atoms with Crippen LogP contribution in [0.25, 0.3) is 0 Å². The third-order valence-electron chi connectivity index (χ3n) is 2.60. The lowest BCUT2D eigenvalue weighted by molar-refractivity contribution is -0.141. The zero-order chi connectivity index (χ0) is 16.8. The molecule has 1 unspecified atom stereocenters. The Balaban J connectivity index is 4.18. The molecule has 0 radical (unpaired) electrons. The Labute approximate surface area is 123 Å². The first-order valence-corrected chi connectivity index (χ1v) is 6.63. The van der Waals surface area contributed by atoms with Gasteiger partial charge in [0.1, 0.15) is 6.54 Å². The molecule has 0 spiro atoms. The molecular formula is C13H24F3N3O2. The van der Waals surface area contributed by atoms with Crippen LogP contribution in [-0.4, -0.2) is 49.1 Å². The zero-order valence-corrected chi connectivity index (χ0v) is 12.9. The topological polar surface area (TPSA) is 75.4 Å². The summed E-state index contributed by atoms with van der Waals surface area (Å²) in [6.07, 6.45) is -3.78. The van der Waals surface area contributed by atoms with Gasteiger partial charge in [0, 0.05) is 19.5 Å². The molecule has 124 valence electrons. The molecule has 5 nitrogen and oxygen atoms in total. The summed E-state index contributed by atoms with van der Waals surface area (Å²) in [7, 11) is 1.36. The summed E-state index contributed by atoms with van der Waals surface area (Å²) in [6.45, 7) is 4.15. The molecule has 2 amide bonds. The molecule has 0 aromatic carbocycles. The Morgan fingerprint density at radius 1 is 1.24 bits per heavy atom. The van der Waals surface area contributed by atoms with Gasteiger partial charge in [-0.15, -0.1) is 0 Å². The predicted octanol–water partition coefficient (Wildman–Crippen LogP) is 1.28. The maximum atomic E-state index is 11.9. The van der Waals surface area contributed by atoms with Crippen molar-refractivity contribution in [2.75, 3.05) is 20.1 Å². The summed E-state index contributed by atoms with van der Waals surface area (Å²) in [5.74, 6) is -1.22. The molecule has 0 fully saturated rings. The molecule has 0 rings (SSSR count). The first-order valence-electron chi connectivity index (χ1n) is 6.63. The van der Waals surface area contributed by atoms with E-state index in [1.54, 1.807) is 5.32 Å². The van der Waals surface area contributed by atoms with E-state index in [0.717, 1.165) is 4.90 Å². The number of hydrogen-bond donors (Lipinski definition) is 2. The number of rotatable bonds is 6. The van der Waals surface area contributed by atoms with Crippen molar-refractivity contribution in [3.05, 3.63) is 0 Å². The summed E-state index contributed by atoms with van der Waals surface area (Å²) in [5, 5.41) is 1.71. The van der Waals surface area contributed by atoms with Crippen LogP contribution in [0.5, 0.6) is 0 Å². The van der Waals surface area contributed by atoms with Crippen LogP contribution in [0.3, 0.4) is 0 Å². The first-order chi connectivity index (χ1) is 9.30. The maximum absolute atomic E-state index is 11.9. The van der Waals surface area contributed by atoms with E-state index in [-0.39, 0.29) is 23.8 Å². The summed E-state index contributed by atoms with van der Waals surface area (Å²) in [4.78, 5) is 24.2. The second-order valence-electron chi connectivity index (χ2n) is 6.37. The number of amides is 2. The number of carbonyl (C=O) groups excluding carboxylic acids is 2. The van der Waals surface area contributed by atoms with Crippen LogP contribution in [0.2, 0.25) is 0 Å². The lowest BCUT2D eigenvalue weighted by Crippen LogP contribution is -2.43. The van der Waals surface area contributed by atoms with E-state index in [1.807, 2.05) is 20.8 Å². The van der Waals surface area contributed by atoms with Crippen LogP contribution < -0.4 is 11.1 Å². The van der Waals surface area contributed by atoms with Gasteiger partial charge in [-0.1, -0.05) is 20.8 Å². The molecule has 0 aromatic heterocycles. The van der Waals surface area contributed by atoms with Crippen LogP contribution in [0.15, 0.2) is 0 Å². The highest BCUT2D eigenvalue weighted by Gasteiger charge is 2.28. The van der Waals surface area contributed by atoms with Crippen molar-refractivity contribution in [1.29, 1.82) is 0 Å². The molecular weight excluding hydrogens is 287 g/mol. The van der Waals surface area contributed by atoms with E-state index < -0.39 is 25.2 Å². The number of nitrogens with two attached hydrogens (primary N) is 1. The molecule has 0 saturated heterocycles. The molecule has 8 heteroatoms. The average Bonchev–Trinajstić information content (AvgIpc) is 2.22. The fraction of sp³-hybridized carbons (Fsp3) is 0.846. The minimum absolute atomic E-state index is 0.0254. The van der Waals surface area contributed by atoms with Crippen molar-refractivity contribution in [2.45, 2.75) is 45.8 Å². The molecule has 3 N–H and O–H groups in total. The van der Waals surface area contributed by atoms with Crippen LogP contribution in [0.4, 0.5) is 13.2 Å². The fourth-order valence-corrected chi connectivity index (χ4v) is 1.80. The molecule has 1 atom stereocenters. The molecule has 0 saturated carbocycles. The van der Waals surface area contributed by atoms with Crippen molar-refractivity contribution in [3.63, 3.8) is 0 Å². The number of alkyl halides is 3. The SMILES string of the molecule is CN(CC(=O)NCC(F)(F)F)C(=O)CC(N)CC(C)(C)C. The Bertz CT molecular complexity index is 365. The van der Waals surface area contributed by atoms with E-state index in [2.05, 4.69) is 0 Å². The van der Waals surface area contributed by atoms with Gasteiger partial charge in [0.2, 0.25) is 11.8 Å². The summed E-state index contributed by atoms with van der Waals surface area (Å²) in [5.41, 5.74) is 5.82. The predicted molar refractivity (Wildman–Crippen MR) is 73.4 cm³/mol. The molecule has 21 heavy (non-hydrogen) atoms. The molecule has 0 heterocycles. The van der Waals surface area contributed by atoms with Crippen molar-refractivity contribution in [3.8, 4) is 0 Å². The van der Waals surface area contributed by atoms with Gasteiger partial charge in [0.15, 0.2) is 0 Å². The molecule has 0 aliphatic carbocycles. The number of nitrogens with zero attached hydrogens (tertiary/aromatic N) is 1. The Morgan fingerprint density at radius 3 is 2.19 bits per heavy atom. The number of carbonyl (C=O) groups is 2. The lowest BCUT2D eigenvalue weighted by Gasteiger charge is -2.24. The molecule has 0 aliphatic rings. The number of nitrogens with one attached hydrogen (secondary N) is 1. The zero-order valence-electron chi connectivity index (χ0n) is 12.9. The Kier molecular flexibility index (Phi) is 7.15. The van der Waals surface area contributed by atoms with Gasteiger partial charge in [0.25, 0.3) is 0 Å². The first kappa shape index (κ1) is 19.7. The van der Waals surface area contributed by atoms with Gasteiger partial charge in [-0.25, -0.2) is 0 Å². The largest absolute Gasteiger partial charge is 0.405 e. The normalized spacial score (nSPS) is 13.7. The monoisotopic (exact) mass is 311 g/mol. The van der Waals surface area contributed by atoms with Crippen molar-refractivity contribution in [2.24, 2.45) is 11.1 Å².